The highest BCUT2D eigenvalue weighted by Crippen LogP contribution is 2.24. The van der Waals surface area contributed by atoms with Crippen LogP contribution >= 0.6 is 0 Å². The van der Waals surface area contributed by atoms with E-state index in [9.17, 15) is 12.3 Å². The number of fused-ring (bicyclic) bond motifs is 1. The Labute approximate surface area is 98.3 Å². The van der Waals surface area contributed by atoms with Crippen molar-refractivity contribution in [3.8, 4) is 0 Å². The molecule has 1 atom stereocenters. The van der Waals surface area contributed by atoms with E-state index < -0.39 is 15.2 Å². The number of H-pyrrole nitrogens is 1. The fourth-order valence-electron chi connectivity index (χ4n) is 1.52. The van der Waals surface area contributed by atoms with E-state index >= 15 is 0 Å². The molecular formula is C10H12FN3O2S. The van der Waals surface area contributed by atoms with Crippen molar-refractivity contribution in [1.29, 1.82) is 0 Å². The summed E-state index contributed by atoms with van der Waals surface area (Å²) in [5.41, 5.74) is 0.339. The van der Waals surface area contributed by atoms with Gasteiger partial charge in [-0.1, -0.05) is 17.7 Å². The van der Waals surface area contributed by atoms with Crippen LogP contribution in [0.3, 0.4) is 0 Å². The van der Waals surface area contributed by atoms with Crippen molar-refractivity contribution in [2.45, 2.75) is 31.2 Å². The molecule has 1 N–H and O–H groups in total. The summed E-state index contributed by atoms with van der Waals surface area (Å²) in [5.74, 6) is 0.307. The van der Waals surface area contributed by atoms with Gasteiger partial charge in [-0.2, -0.15) is 8.42 Å². The van der Waals surface area contributed by atoms with E-state index in [1.165, 1.54) is 12.3 Å². The van der Waals surface area contributed by atoms with Crippen LogP contribution in [0.2, 0.25) is 0 Å². The lowest BCUT2D eigenvalue weighted by atomic mass is 10.1. The average Bonchev–Trinajstić information content (AvgIpc) is 2.72. The zero-order valence-electron chi connectivity index (χ0n) is 9.44. The molecule has 2 aromatic heterocycles. The quantitative estimate of drug-likeness (QED) is 0.675. The second-order valence-corrected chi connectivity index (χ2v) is 5.14. The van der Waals surface area contributed by atoms with Gasteiger partial charge in [0.2, 0.25) is 0 Å². The van der Waals surface area contributed by atoms with Gasteiger partial charge in [0, 0.05) is 12.1 Å². The maximum Gasteiger partial charge on any atom is 0.350 e. The number of nitrogens with zero attached hydrogens (tertiary/aromatic N) is 2. The number of hydrogen-bond acceptors (Lipinski definition) is 4. The van der Waals surface area contributed by atoms with Gasteiger partial charge in [0.15, 0.2) is 5.03 Å². The molecule has 2 rings (SSSR count). The standard InChI is InChI=1S/C10H12FN3O2S/c1-3-6(2)8-13-9-7(4-5-12-9)10(14-8)17(11,15)16/h4-6H,3H2,1-2H3,(H,12,13,14). The van der Waals surface area contributed by atoms with Crippen molar-refractivity contribution < 1.29 is 12.3 Å². The Morgan fingerprint density at radius 1 is 1.47 bits per heavy atom. The van der Waals surface area contributed by atoms with E-state index in [0.717, 1.165) is 6.42 Å². The highest BCUT2D eigenvalue weighted by Gasteiger charge is 2.22. The van der Waals surface area contributed by atoms with Crippen molar-refractivity contribution in [1.82, 2.24) is 15.0 Å². The van der Waals surface area contributed by atoms with E-state index in [2.05, 4.69) is 15.0 Å². The third kappa shape index (κ3) is 2.14. The number of aromatic amines is 1. The fourth-order valence-corrected chi connectivity index (χ4v) is 2.15. The van der Waals surface area contributed by atoms with Gasteiger partial charge in [-0.05, 0) is 12.5 Å². The van der Waals surface area contributed by atoms with Crippen LogP contribution in [-0.2, 0) is 10.2 Å². The second kappa shape index (κ2) is 4.06. The van der Waals surface area contributed by atoms with Crippen LogP contribution in [0.1, 0.15) is 32.0 Å². The summed E-state index contributed by atoms with van der Waals surface area (Å²) in [6.07, 6.45) is 2.26. The molecule has 92 valence electrons. The van der Waals surface area contributed by atoms with Crippen molar-refractivity contribution in [2.24, 2.45) is 0 Å². The molecule has 5 nitrogen and oxygen atoms in total. The Morgan fingerprint density at radius 2 is 2.18 bits per heavy atom. The van der Waals surface area contributed by atoms with Crippen molar-refractivity contribution in [2.75, 3.05) is 0 Å². The van der Waals surface area contributed by atoms with Crippen LogP contribution in [-0.4, -0.2) is 23.4 Å². The van der Waals surface area contributed by atoms with Crippen LogP contribution in [0, 0.1) is 0 Å². The highest BCUT2D eigenvalue weighted by atomic mass is 32.3. The number of aromatic nitrogens is 3. The highest BCUT2D eigenvalue weighted by molar-refractivity contribution is 7.86. The van der Waals surface area contributed by atoms with Crippen LogP contribution in [0.25, 0.3) is 11.0 Å². The van der Waals surface area contributed by atoms with E-state index in [-0.39, 0.29) is 11.3 Å². The van der Waals surface area contributed by atoms with E-state index in [4.69, 9.17) is 0 Å². The minimum atomic E-state index is -4.83. The predicted octanol–water partition coefficient (Wildman–Crippen LogP) is 2.13. The van der Waals surface area contributed by atoms with E-state index in [1.54, 1.807) is 0 Å². The van der Waals surface area contributed by atoms with Gasteiger partial charge in [-0.15, -0.1) is 0 Å². The Balaban J connectivity index is 2.76. The second-order valence-electron chi connectivity index (χ2n) is 3.87. The third-order valence-electron chi connectivity index (χ3n) is 2.68. The van der Waals surface area contributed by atoms with Gasteiger partial charge in [0.1, 0.15) is 11.5 Å². The molecule has 0 amide bonds. The monoisotopic (exact) mass is 257 g/mol. The first-order chi connectivity index (χ1) is 7.93. The SMILES string of the molecule is CCC(C)c1nc(S(=O)(=O)F)c2cc[nH]c2n1. The summed E-state index contributed by atoms with van der Waals surface area (Å²) < 4.78 is 35.2. The van der Waals surface area contributed by atoms with E-state index in [1.807, 2.05) is 13.8 Å². The molecule has 1 unspecified atom stereocenters. The Bertz CT molecular complexity index is 651. The Morgan fingerprint density at radius 3 is 2.76 bits per heavy atom. The Hall–Kier alpha value is -1.50. The summed E-state index contributed by atoms with van der Waals surface area (Å²) in [5, 5.41) is -0.376. The first-order valence-corrected chi connectivity index (χ1v) is 6.61. The molecule has 0 saturated carbocycles. The largest absolute Gasteiger partial charge is 0.350 e. The number of hydrogen-bond donors (Lipinski definition) is 1. The molecule has 0 bridgehead atoms. The van der Waals surface area contributed by atoms with Crippen LogP contribution in [0.5, 0.6) is 0 Å². The molecule has 0 spiro atoms. The van der Waals surface area contributed by atoms with Crippen LogP contribution in [0.15, 0.2) is 17.3 Å². The average molecular weight is 257 g/mol. The fraction of sp³-hybridized carbons (Fsp3) is 0.400. The molecule has 0 saturated heterocycles. The smallest absolute Gasteiger partial charge is 0.346 e. The molecule has 17 heavy (non-hydrogen) atoms. The first-order valence-electron chi connectivity index (χ1n) is 5.23. The van der Waals surface area contributed by atoms with Crippen molar-refractivity contribution in [3.63, 3.8) is 0 Å². The summed E-state index contributed by atoms with van der Waals surface area (Å²) >= 11 is 0. The molecule has 2 heterocycles. The summed E-state index contributed by atoms with van der Waals surface area (Å²) in [7, 11) is -4.83. The molecule has 7 heteroatoms. The molecule has 0 aromatic carbocycles. The maximum atomic E-state index is 13.1. The van der Waals surface area contributed by atoms with Gasteiger partial charge in [-0.25, -0.2) is 9.97 Å². The van der Waals surface area contributed by atoms with Gasteiger partial charge >= 0.3 is 10.2 Å². The van der Waals surface area contributed by atoms with E-state index in [0.29, 0.717) is 11.5 Å². The Kier molecular flexibility index (Phi) is 2.86. The number of nitrogens with one attached hydrogen (secondary N) is 1. The van der Waals surface area contributed by atoms with Gasteiger partial charge in [0.05, 0.1) is 5.39 Å². The molecule has 0 aliphatic rings. The summed E-state index contributed by atoms with van der Waals surface area (Å²) in [6.45, 7) is 3.79. The zero-order valence-corrected chi connectivity index (χ0v) is 10.3. The summed E-state index contributed by atoms with van der Waals surface area (Å²) in [4.78, 5) is 10.8. The van der Waals surface area contributed by atoms with Crippen molar-refractivity contribution in [3.05, 3.63) is 18.1 Å². The normalized spacial score (nSPS) is 14.1. The lowest BCUT2D eigenvalue weighted by molar-refractivity contribution is 0.546. The minimum Gasteiger partial charge on any atom is -0.346 e. The maximum absolute atomic E-state index is 13.1. The zero-order chi connectivity index (χ0) is 12.6. The van der Waals surface area contributed by atoms with Gasteiger partial charge in [0.25, 0.3) is 0 Å². The number of halogens is 1. The van der Waals surface area contributed by atoms with Crippen molar-refractivity contribution >= 4 is 21.3 Å². The van der Waals surface area contributed by atoms with Gasteiger partial charge < -0.3 is 4.98 Å². The molecule has 0 radical (unpaired) electrons. The lowest BCUT2D eigenvalue weighted by Gasteiger charge is -2.08. The number of rotatable bonds is 3. The third-order valence-corrected chi connectivity index (χ3v) is 3.46. The minimum absolute atomic E-state index is 0.0248. The molecule has 0 fully saturated rings. The van der Waals surface area contributed by atoms with Crippen LogP contribution < -0.4 is 0 Å². The first kappa shape index (κ1) is 12.0. The molecule has 0 aliphatic heterocycles. The van der Waals surface area contributed by atoms with Gasteiger partial charge in [-0.3, -0.25) is 0 Å². The molecule has 0 aliphatic carbocycles. The summed E-state index contributed by atoms with van der Waals surface area (Å²) in [6, 6.07) is 1.45. The topological polar surface area (TPSA) is 75.7 Å². The molecule has 2 aromatic rings. The van der Waals surface area contributed by atoms with Crippen LogP contribution in [0.4, 0.5) is 3.89 Å². The molecular weight excluding hydrogens is 245 g/mol. The lowest BCUT2D eigenvalue weighted by Crippen LogP contribution is -2.06. The predicted molar refractivity (Wildman–Crippen MR) is 60.9 cm³/mol.